The van der Waals surface area contributed by atoms with E-state index in [9.17, 15) is 9.59 Å². The lowest BCUT2D eigenvalue weighted by molar-refractivity contribution is -0.115. The summed E-state index contributed by atoms with van der Waals surface area (Å²) in [5, 5.41) is 4.63. The van der Waals surface area contributed by atoms with Gasteiger partial charge in [0.25, 0.3) is 5.91 Å². The van der Waals surface area contributed by atoms with E-state index < -0.39 is 11.9 Å². The van der Waals surface area contributed by atoms with E-state index in [1.165, 1.54) is 5.56 Å². The number of ether oxygens (including phenoxy) is 1. The van der Waals surface area contributed by atoms with Crippen LogP contribution in [0.5, 0.6) is 11.5 Å². The number of amides is 3. The van der Waals surface area contributed by atoms with Gasteiger partial charge in [-0.25, -0.2) is 4.79 Å². The molecule has 1 aliphatic rings. The lowest BCUT2D eigenvalue weighted by Crippen LogP contribution is -2.22. The third-order valence-corrected chi connectivity index (χ3v) is 3.85. The normalized spacial score (nSPS) is 15.9. The van der Waals surface area contributed by atoms with Crippen LogP contribution in [0, 0.1) is 0 Å². The minimum atomic E-state index is -0.511. The van der Waals surface area contributed by atoms with Gasteiger partial charge in [-0.2, -0.15) is 0 Å². The second-order valence-electron chi connectivity index (χ2n) is 6.92. The molecule has 25 heavy (non-hydrogen) atoms. The van der Waals surface area contributed by atoms with Crippen LogP contribution in [0.25, 0.3) is 6.08 Å². The molecular weight excluding hydrogens is 316 g/mol. The molecule has 1 heterocycles. The maximum absolute atomic E-state index is 11.6. The van der Waals surface area contributed by atoms with Crippen molar-refractivity contribution in [2.45, 2.75) is 26.2 Å². The minimum absolute atomic E-state index is 0.0942. The van der Waals surface area contributed by atoms with Gasteiger partial charge in [-0.1, -0.05) is 45.0 Å². The molecule has 2 N–H and O–H groups in total. The number of imide groups is 1. The highest BCUT2D eigenvalue weighted by atomic mass is 16.5. The van der Waals surface area contributed by atoms with Crippen LogP contribution in [0.15, 0.2) is 54.2 Å². The van der Waals surface area contributed by atoms with Crippen molar-refractivity contribution in [1.29, 1.82) is 0 Å². The topological polar surface area (TPSA) is 67.4 Å². The first-order chi connectivity index (χ1) is 11.8. The molecule has 3 rings (SSSR count). The number of carbonyl (C=O) groups is 2. The fraction of sp³-hybridized carbons (Fsp3) is 0.200. The Bertz CT molecular complexity index is 846. The number of rotatable bonds is 3. The van der Waals surface area contributed by atoms with Gasteiger partial charge >= 0.3 is 6.03 Å². The third-order valence-electron chi connectivity index (χ3n) is 3.85. The summed E-state index contributed by atoms with van der Waals surface area (Å²) in [5.41, 5.74) is 2.31. The van der Waals surface area contributed by atoms with Crippen molar-refractivity contribution in [3.05, 3.63) is 65.4 Å². The molecule has 1 fully saturated rings. The summed E-state index contributed by atoms with van der Waals surface area (Å²) >= 11 is 0. The van der Waals surface area contributed by atoms with Crippen LogP contribution in [0.1, 0.15) is 31.9 Å². The molecule has 128 valence electrons. The Hall–Kier alpha value is -3.08. The average molecular weight is 336 g/mol. The van der Waals surface area contributed by atoms with Crippen molar-refractivity contribution in [3.8, 4) is 11.5 Å². The number of benzene rings is 2. The molecule has 0 spiro atoms. The quantitative estimate of drug-likeness (QED) is 0.658. The van der Waals surface area contributed by atoms with E-state index in [1.807, 2.05) is 36.4 Å². The standard InChI is InChI=1S/C20H20N2O3/c1-20(2,3)14-7-9-15(10-8-14)25-16-6-4-5-13(11-16)12-17-18(23)22-19(24)21-17/h4-12H,1-3H3,(H2,21,22,23,24)/b17-12+. The fourth-order valence-electron chi connectivity index (χ4n) is 2.48. The summed E-state index contributed by atoms with van der Waals surface area (Å²) in [6.07, 6.45) is 1.61. The Labute approximate surface area is 146 Å². The Balaban J connectivity index is 1.77. The average Bonchev–Trinajstić information content (AvgIpc) is 2.85. The van der Waals surface area contributed by atoms with E-state index in [4.69, 9.17) is 4.74 Å². The molecule has 0 saturated carbocycles. The van der Waals surface area contributed by atoms with Crippen molar-refractivity contribution in [2.75, 3.05) is 0 Å². The molecule has 2 aromatic rings. The molecule has 1 saturated heterocycles. The smallest absolute Gasteiger partial charge is 0.326 e. The van der Waals surface area contributed by atoms with E-state index in [0.29, 0.717) is 5.75 Å². The molecule has 3 amide bonds. The first kappa shape index (κ1) is 16.8. The second-order valence-corrected chi connectivity index (χ2v) is 6.92. The van der Waals surface area contributed by atoms with Gasteiger partial charge in [-0.3, -0.25) is 10.1 Å². The largest absolute Gasteiger partial charge is 0.457 e. The number of urea groups is 1. The van der Waals surface area contributed by atoms with Crippen LogP contribution >= 0.6 is 0 Å². The van der Waals surface area contributed by atoms with Gasteiger partial charge < -0.3 is 10.1 Å². The van der Waals surface area contributed by atoms with Gasteiger partial charge in [0.2, 0.25) is 0 Å². The van der Waals surface area contributed by atoms with Gasteiger partial charge in [0.15, 0.2) is 0 Å². The molecule has 0 aliphatic carbocycles. The van der Waals surface area contributed by atoms with Crippen LogP contribution in [0.2, 0.25) is 0 Å². The summed E-state index contributed by atoms with van der Waals surface area (Å²) in [4.78, 5) is 22.7. The molecule has 0 unspecified atom stereocenters. The van der Waals surface area contributed by atoms with E-state index >= 15 is 0 Å². The predicted molar refractivity (Wildman–Crippen MR) is 96.3 cm³/mol. The van der Waals surface area contributed by atoms with Crippen LogP contribution < -0.4 is 15.4 Å². The monoisotopic (exact) mass is 336 g/mol. The molecule has 0 aromatic heterocycles. The fourth-order valence-corrected chi connectivity index (χ4v) is 2.48. The zero-order chi connectivity index (χ0) is 18.0. The van der Waals surface area contributed by atoms with Gasteiger partial charge in [-0.15, -0.1) is 0 Å². The summed E-state index contributed by atoms with van der Waals surface area (Å²) in [7, 11) is 0. The number of carbonyl (C=O) groups excluding carboxylic acids is 2. The van der Waals surface area contributed by atoms with Crippen molar-refractivity contribution < 1.29 is 14.3 Å². The molecule has 2 aromatic carbocycles. The van der Waals surface area contributed by atoms with Gasteiger partial charge in [-0.05, 0) is 46.9 Å². The maximum atomic E-state index is 11.6. The van der Waals surface area contributed by atoms with Gasteiger partial charge in [0, 0.05) is 0 Å². The number of hydrogen-bond acceptors (Lipinski definition) is 3. The zero-order valence-corrected chi connectivity index (χ0v) is 14.4. The van der Waals surface area contributed by atoms with Crippen LogP contribution in [-0.2, 0) is 10.2 Å². The highest BCUT2D eigenvalue weighted by Gasteiger charge is 2.22. The van der Waals surface area contributed by atoms with Crippen LogP contribution in [0.4, 0.5) is 4.79 Å². The Morgan fingerprint density at radius 1 is 0.920 bits per heavy atom. The van der Waals surface area contributed by atoms with Crippen molar-refractivity contribution in [2.24, 2.45) is 0 Å². The molecule has 5 nitrogen and oxygen atoms in total. The highest BCUT2D eigenvalue weighted by Crippen LogP contribution is 2.27. The third kappa shape index (κ3) is 4.07. The van der Waals surface area contributed by atoms with E-state index in [1.54, 1.807) is 6.08 Å². The molecule has 0 radical (unpaired) electrons. The summed E-state index contributed by atoms with van der Waals surface area (Å²) in [6.45, 7) is 6.49. The first-order valence-electron chi connectivity index (χ1n) is 8.04. The van der Waals surface area contributed by atoms with E-state index in [-0.39, 0.29) is 11.1 Å². The SMILES string of the molecule is CC(C)(C)c1ccc(Oc2cccc(/C=C3/NC(=O)NC3=O)c2)cc1. The van der Waals surface area contributed by atoms with Crippen LogP contribution in [-0.4, -0.2) is 11.9 Å². The number of nitrogens with one attached hydrogen (secondary N) is 2. The number of hydrogen-bond donors (Lipinski definition) is 2. The van der Waals surface area contributed by atoms with Crippen molar-refractivity contribution in [3.63, 3.8) is 0 Å². The Morgan fingerprint density at radius 3 is 2.24 bits per heavy atom. The molecular formula is C20H20N2O3. The first-order valence-corrected chi connectivity index (χ1v) is 8.04. The molecule has 5 heteroatoms. The highest BCUT2D eigenvalue weighted by molar-refractivity contribution is 6.13. The lowest BCUT2D eigenvalue weighted by atomic mass is 9.87. The Morgan fingerprint density at radius 2 is 1.64 bits per heavy atom. The molecule has 0 atom stereocenters. The molecule has 1 aliphatic heterocycles. The second kappa shape index (κ2) is 6.43. The van der Waals surface area contributed by atoms with Crippen molar-refractivity contribution in [1.82, 2.24) is 10.6 Å². The molecule has 0 bridgehead atoms. The predicted octanol–water partition coefficient (Wildman–Crippen LogP) is 3.96. The van der Waals surface area contributed by atoms with Gasteiger partial charge in [0.05, 0.1) is 0 Å². The summed E-state index contributed by atoms with van der Waals surface area (Å²) in [5.74, 6) is 0.960. The lowest BCUT2D eigenvalue weighted by Gasteiger charge is -2.19. The zero-order valence-electron chi connectivity index (χ0n) is 14.4. The minimum Gasteiger partial charge on any atom is -0.457 e. The summed E-state index contributed by atoms with van der Waals surface area (Å²) < 4.78 is 5.88. The van der Waals surface area contributed by atoms with Crippen molar-refractivity contribution >= 4 is 18.0 Å². The van der Waals surface area contributed by atoms with Gasteiger partial charge in [0.1, 0.15) is 17.2 Å². The maximum Gasteiger partial charge on any atom is 0.326 e. The van der Waals surface area contributed by atoms with E-state index in [2.05, 4.69) is 43.5 Å². The Kier molecular flexibility index (Phi) is 4.31. The summed E-state index contributed by atoms with van der Waals surface area (Å²) in [6, 6.07) is 14.8. The van der Waals surface area contributed by atoms with E-state index in [0.717, 1.165) is 11.3 Å². The van der Waals surface area contributed by atoms with Crippen LogP contribution in [0.3, 0.4) is 0 Å².